The van der Waals surface area contributed by atoms with Crippen LogP contribution in [-0.4, -0.2) is 10.9 Å². The first-order valence-corrected chi connectivity index (χ1v) is 10.1. The van der Waals surface area contributed by atoms with Gasteiger partial charge in [0.2, 0.25) is 5.91 Å². The van der Waals surface area contributed by atoms with Crippen molar-refractivity contribution < 1.29 is 4.79 Å². The topological polar surface area (TPSA) is 68.0 Å². The van der Waals surface area contributed by atoms with Gasteiger partial charge in [0.05, 0.1) is 16.7 Å². The van der Waals surface area contributed by atoms with Crippen molar-refractivity contribution in [2.24, 2.45) is 0 Å². The number of nitrogens with zero attached hydrogens (tertiary/aromatic N) is 1. The second kappa shape index (κ2) is 9.33. The minimum atomic E-state index is -0.131. The molecule has 1 atom stereocenters. The Bertz CT molecular complexity index is 859. The molecule has 0 aliphatic carbocycles. The van der Waals surface area contributed by atoms with Crippen molar-refractivity contribution in [2.45, 2.75) is 38.6 Å². The molecule has 0 fully saturated rings. The zero-order valence-electron chi connectivity index (χ0n) is 15.5. The van der Waals surface area contributed by atoms with Gasteiger partial charge in [0.25, 0.3) is 0 Å². The number of nitrogens with one attached hydrogen (secondary N) is 1. The van der Waals surface area contributed by atoms with Gasteiger partial charge in [-0.25, -0.2) is 4.98 Å². The van der Waals surface area contributed by atoms with Crippen molar-refractivity contribution in [3.05, 3.63) is 81.8 Å². The van der Waals surface area contributed by atoms with Crippen LogP contribution in [0.1, 0.15) is 41.2 Å². The predicted molar refractivity (Wildman–Crippen MR) is 112 cm³/mol. The van der Waals surface area contributed by atoms with Crippen LogP contribution in [0.5, 0.6) is 0 Å². The van der Waals surface area contributed by atoms with Gasteiger partial charge >= 0.3 is 0 Å². The normalized spacial score (nSPS) is 11.9. The maximum Gasteiger partial charge on any atom is 0.220 e. The molecule has 0 radical (unpaired) electrons. The van der Waals surface area contributed by atoms with Crippen LogP contribution in [0.4, 0.5) is 5.69 Å². The highest BCUT2D eigenvalue weighted by molar-refractivity contribution is 7.09. The molecule has 0 aliphatic rings. The number of thiazole rings is 1. The molecule has 4 nitrogen and oxygen atoms in total. The fourth-order valence-electron chi connectivity index (χ4n) is 2.94. The molecule has 0 spiro atoms. The summed E-state index contributed by atoms with van der Waals surface area (Å²) in [6, 6.07) is 17.7. The minimum Gasteiger partial charge on any atom is -0.399 e. The molecule has 5 heteroatoms. The first-order chi connectivity index (χ1) is 13.1. The van der Waals surface area contributed by atoms with Crippen LogP contribution in [0.3, 0.4) is 0 Å². The maximum atomic E-state index is 12.6. The zero-order chi connectivity index (χ0) is 19.1. The third-order valence-electron chi connectivity index (χ3n) is 4.47. The lowest BCUT2D eigenvalue weighted by molar-refractivity contribution is -0.121. The first-order valence-electron chi connectivity index (χ1n) is 9.26. The van der Waals surface area contributed by atoms with Gasteiger partial charge in [0, 0.05) is 17.5 Å². The molecule has 0 saturated carbocycles. The number of rotatable bonds is 8. The van der Waals surface area contributed by atoms with E-state index < -0.39 is 0 Å². The molecule has 1 heterocycles. The Hall–Kier alpha value is -2.66. The third kappa shape index (κ3) is 5.66. The number of carbonyl (C=O) groups excluding carboxylic acids is 1. The van der Waals surface area contributed by atoms with Crippen LogP contribution >= 0.6 is 11.3 Å². The lowest BCUT2D eigenvalue weighted by atomic mass is 10.0. The van der Waals surface area contributed by atoms with E-state index in [0.29, 0.717) is 12.8 Å². The van der Waals surface area contributed by atoms with Crippen molar-refractivity contribution in [1.29, 1.82) is 0 Å². The first kappa shape index (κ1) is 19.1. The lowest BCUT2D eigenvalue weighted by Crippen LogP contribution is -2.30. The van der Waals surface area contributed by atoms with E-state index >= 15 is 0 Å². The van der Waals surface area contributed by atoms with Crippen LogP contribution in [0.15, 0.2) is 60.0 Å². The molecule has 3 N–H and O–H groups in total. The van der Waals surface area contributed by atoms with E-state index in [4.69, 9.17) is 10.7 Å². The highest BCUT2D eigenvalue weighted by atomic mass is 32.1. The van der Waals surface area contributed by atoms with E-state index in [1.165, 1.54) is 5.56 Å². The van der Waals surface area contributed by atoms with E-state index in [1.807, 2.05) is 54.6 Å². The highest BCUT2D eigenvalue weighted by Crippen LogP contribution is 2.22. The van der Waals surface area contributed by atoms with Gasteiger partial charge in [0.15, 0.2) is 0 Å². The van der Waals surface area contributed by atoms with Crippen molar-refractivity contribution >= 4 is 22.9 Å². The standard InChI is InChI=1S/C22H25N3OS/c1-2-22-25-20(15-27-22)19(14-17-8-11-18(23)12-9-17)24-21(26)13-10-16-6-4-3-5-7-16/h3-9,11-12,15,19H,2,10,13-14,23H2,1H3,(H,24,26). The van der Waals surface area contributed by atoms with Gasteiger partial charge in [-0.1, -0.05) is 49.4 Å². The molecular formula is C22H25N3OS. The van der Waals surface area contributed by atoms with Crippen molar-refractivity contribution in [3.8, 4) is 0 Å². The number of carbonyl (C=O) groups is 1. The molecule has 0 saturated heterocycles. The van der Waals surface area contributed by atoms with E-state index in [1.54, 1.807) is 11.3 Å². The summed E-state index contributed by atoms with van der Waals surface area (Å²) in [6.45, 7) is 2.09. The van der Waals surface area contributed by atoms with Gasteiger partial charge in [-0.05, 0) is 42.5 Å². The quantitative estimate of drug-likeness (QED) is 0.573. The van der Waals surface area contributed by atoms with Crippen LogP contribution in [0.2, 0.25) is 0 Å². The van der Waals surface area contributed by atoms with Crippen LogP contribution in [-0.2, 0) is 24.1 Å². The SMILES string of the molecule is CCc1nc(C(Cc2ccc(N)cc2)NC(=O)CCc2ccccc2)cs1. The summed E-state index contributed by atoms with van der Waals surface area (Å²) in [6.07, 6.45) is 2.80. The third-order valence-corrected chi connectivity index (χ3v) is 5.48. The zero-order valence-corrected chi connectivity index (χ0v) is 16.3. The number of amides is 1. The molecule has 0 aliphatic heterocycles. The monoisotopic (exact) mass is 379 g/mol. The summed E-state index contributed by atoms with van der Waals surface area (Å²) in [5.41, 5.74) is 9.76. The Balaban J connectivity index is 1.68. The van der Waals surface area contributed by atoms with Gasteiger partial charge in [-0.15, -0.1) is 11.3 Å². The molecule has 2 aromatic carbocycles. The Morgan fingerprint density at radius 2 is 1.85 bits per heavy atom. The van der Waals surface area contributed by atoms with E-state index in [0.717, 1.165) is 34.8 Å². The number of aryl methyl sites for hydroxylation is 2. The lowest BCUT2D eigenvalue weighted by Gasteiger charge is -2.17. The molecule has 1 unspecified atom stereocenters. The van der Waals surface area contributed by atoms with Gasteiger partial charge < -0.3 is 11.1 Å². The average Bonchev–Trinajstić information content (AvgIpc) is 3.18. The Labute approximate surface area is 164 Å². The molecule has 140 valence electrons. The Morgan fingerprint density at radius 3 is 2.52 bits per heavy atom. The molecule has 3 rings (SSSR count). The molecule has 1 aromatic heterocycles. The second-order valence-electron chi connectivity index (χ2n) is 6.57. The summed E-state index contributed by atoms with van der Waals surface area (Å²) in [4.78, 5) is 17.3. The smallest absolute Gasteiger partial charge is 0.220 e. The van der Waals surface area contributed by atoms with Gasteiger partial charge in [-0.2, -0.15) is 0 Å². The second-order valence-corrected chi connectivity index (χ2v) is 7.51. The van der Waals surface area contributed by atoms with Crippen LogP contribution < -0.4 is 11.1 Å². The number of hydrogen-bond donors (Lipinski definition) is 2. The number of hydrogen-bond acceptors (Lipinski definition) is 4. The highest BCUT2D eigenvalue weighted by Gasteiger charge is 2.18. The number of nitrogen functional groups attached to an aromatic ring is 1. The molecule has 3 aromatic rings. The van der Waals surface area contributed by atoms with Gasteiger partial charge in [-0.3, -0.25) is 4.79 Å². The molecule has 0 bridgehead atoms. The summed E-state index contributed by atoms with van der Waals surface area (Å²) < 4.78 is 0. The number of anilines is 1. The van der Waals surface area contributed by atoms with E-state index in [2.05, 4.69) is 17.6 Å². The number of nitrogens with two attached hydrogens (primary N) is 1. The van der Waals surface area contributed by atoms with Crippen molar-refractivity contribution in [1.82, 2.24) is 10.3 Å². The molecule has 27 heavy (non-hydrogen) atoms. The maximum absolute atomic E-state index is 12.6. The average molecular weight is 380 g/mol. The van der Waals surface area contributed by atoms with Crippen LogP contribution in [0.25, 0.3) is 0 Å². The fraction of sp³-hybridized carbons (Fsp3) is 0.273. The van der Waals surface area contributed by atoms with Crippen LogP contribution in [0, 0.1) is 0 Å². The summed E-state index contributed by atoms with van der Waals surface area (Å²) in [5, 5.41) is 6.32. The van der Waals surface area contributed by atoms with Gasteiger partial charge in [0.1, 0.15) is 0 Å². The number of aromatic nitrogens is 1. The summed E-state index contributed by atoms with van der Waals surface area (Å²) in [5.74, 6) is 0.0466. The number of benzene rings is 2. The molecule has 1 amide bonds. The van der Waals surface area contributed by atoms with E-state index in [9.17, 15) is 4.79 Å². The van der Waals surface area contributed by atoms with Crippen molar-refractivity contribution in [2.75, 3.05) is 5.73 Å². The Morgan fingerprint density at radius 1 is 1.11 bits per heavy atom. The largest absolute Gasteiger partial charge is 0.399 e. The summed E-state index contributed by atoms with van der Waals surface area (Å²) in [7, 11) is 0. The fourth-order valence-corrected chi connectivity index (χ4v) is 3.73. The Kier molecular flexibility index (Phi) is 6.60. The van der Waals surface area contributed by atoms with E-state index in [-0.39, 0.29) is 11.9 Å². The minimum absolute atomic E-state index is 0.0466. The predicted octanol–water partition coefficient (Wildman–Crippen LogP) is 4.32. The summed E-state index contributed by atoms with van der Waals surface area (Å²) >= 11 is 1.65. The van der Waals surface area contributed by atoms with Crippen molar-refractivity contribution in [3.63, 3.8) is 0 Å². The molecular weight excluding hydrogens is 354 g/mol.